The van der Waals surface area contributed by atoms with E-state index in [1.165, 1.54) is 17.7 Å². The van der Waals surface area contributed by atoms with Gasteiger partial charge in [-0.15, -0.1) is 11.3 Å². The lowest BCUT2D eigenvalue weighted by Crippen LogP contribution is -2.25. The van der Waals surface area contributed by atoms with Gasteiger partial charge in [0.2, 0.25) is 0 Å². The van der Waals surface area contributed by atoms with Gasteiger partial charge in [-0.2, -0.15) is 0 Å². The molecule has 0 aliphatic heterocycles. The Kier molecular flexibility index (Phi) is 4.14. The monoisotopic (exact) mass is 211 g/mol. The van der Waals surface area contributed by atoms with Gasteiger partial charge >= 0.3 is 0 Å². The lowest BCUT2D eigenvalue weighted by molar-refractivity contribution is 0.288. The van der Waals surface area contributed by atoms with Crippen LogP contribution in [0.25, 0.3) is 0 Å². The largest absolute Gasteiger partial charge is 0.328 e. The molecule has 0 aromatic carbocycles. The molecule has 0 spiro atoms. The molecule has 1 heterocycles. The van der Waals surface area contributed by atoms with Crippen molar-refractivity contribution in [1.29, 1.82) is 0 Å². The fourth-order valence-electron chi connectivity index (χ4n) is 1.89. The van der Waals surface area contributed by atoms with Crippen LogP contribution in [0.4, 0.5) is 0 Å². The Hall–Kier alpha value is -0.340. The fraction of sp³-hybridized carbons (Fsp3) is 0.667. The Morgan fingerprint density at radius 3 is 2.71 bits per heavy atom. The zero-order chi connectivity index (χ0) is 10.6. The van der Waals surface area contributed by atoms with E-state index in [2.05, 4.69) is 38.3 Å². The van der Waals surface area contributed by atoms with Gasteiger partial charge in [0.1, 0.15) is 0 Å². The average molecular weight is 211 g/mol. The minimum absolute atomic E-state index is 0.313. The van der Waals surface area contributed by atoms with Crippen LogP contribution in [-0.4, -0.2) is 6.04 Å². The smallest absolute Gasteiger partial charge is 0.00454 e. The van der Waals surface area contributed by atoms with Gasteiger partial charge in [-0.3, -0.25) is 0 Å². The van der Waals surface area contributed by atoms with Crippen LogP contribution in [-0.2, 0) is 6.42 Å². The van der Waals surface area contributed by atoms with Gasteiger partial charge in [-0.25, -0.2) is 0 Å². The summed E-state index contributed by atoms with van der Waals surface area (Å²) in [4.78, 5) is 1.49. The summed E-state index contributed by atoms with van der Waals surface area (Å²) in [5.41, 5.74) is 6.20. The van der Waals surface area contributed by atoms with E-state index in [1.54, 1.807) is 0 Å². The van der Waals surface area contributed by atoms with Crippen LogP contribution in [0.1, 0.15) is 38.5 Å². The molecule has 1 aromatic heterocycles. The zero-order valence-electron chi connectivity index (χ0n) is 9.42. The highest BCUT2D eigenvalue weighted by molar-refractivity contribution is 7.09. The molecular weight excluding hydrogens is 190 g/mol. The lowest BCUT2D eigenvalue weighted by atomic mass is 9.82. The average Bonchev–Trinajstić information content (AvgIpc) is 2.50. The quantitative estimate of drug-likeness (QED) is 0.793. The highest BCUT2D eigenvalue weighted by Crippen LogP contribution is 2.28. The third kappa shape index (κ3) is 4.25. The first-order chi connectivity index (χ1) is 6.49. The molecule has 0 aliphatic carbocycles. The van der Waals surface area contributed by atoms with E-state index >= 15 is 0 Å². The van der Waals surface area contributed by atoms with Crippen molar-refractivity contribution in [2.75, 3.05) is 0 Å². The van der Waals surface area contributed by atoms with Crippen molar-refractivity contribution in [3.05, 3.63) is 22.4 Å². The summed E-state index contributed by atoms with van der Waals surface area (Å²) >= 11 is 1.85. The molecular formula is C12H21NS. The predicted molar refractivity (Wildman–Crippen MR) is 64.7 cm³/mol. The van der Waals surface area contributed by atoms with Crippen molar-refractivity contribution in [2.24, 2.45) is 11.1 Å². The van der Waals surface area contributed by atoms with Crippen LogP contribution in [0, 0.1) is 5.41 Å². The van der Waals surface area contributed by atoms with E-state index in [9.17, 15) is 0 Å². The first kappa shape index (κ1) is 11.7. The van der Waals surface area contributed by atoms with Crippen molar-refractivity contribution in [1.82, 2.24) is 0 Å². The normalized spacial score (nSPS) is 14.3. The molecule has 0 amide bonds. The number of rotatable bonds is 5. The molecule has 0 fully saturated rings. The Labute approximate surface area is 91.3 Å². The van der Waals surface area contributed by atoms with E-state index in [4.69, 9.17) is 5.73 Å². The van der Waals surface area contributed by atoms with Crippen molar-refractivity contribution < 1.29 is 0 Å². The van der Waals surface area contributed by atoms with Crippen LogP contribution < -0.4 is 5.73 Å². The number of hydrogen-bond donors (Lipinski definition) is 1. The Morgan fingerprint density at radius 1 is 1.50 bits per heavy atom. The summed E-state index contributed by atoms with van der Waals surface area (Å²) in [7, 11) is 0. The summed E-state index contributed by atoms with van der Waals surface area (Å²) < 4.78 is 0. The minimum atomic E-state index is 0.313. The van der Waals surface area contributed by atoms with Gasteiger partial charge in [0.05, 0.1) is 0 Å². The van der Waals surface area contributed by atoms with Crippen LogP contribution in [0.3, 0.4) is 0 Å². The molecule has 2 heteroatoms. The summed E-state index contributed by atoms with van der Waals surface area (Å²) in [5, 5.41) is 2.15. The molecule has 14 heavy (non-hydrogen) atoms. The lowest BCUT2D eigenvalue weighted by Gasteiger charge is -2.26. The van der Waals surface area contributed by atoms with Gasteiger partial charge < -0.3 is 5.73 Å². The maximum atomic E-state index is 5.83. The predicted octanol–water partition coefficient (Wildman–Crippen LogP) is 3.44. The SMILES string of the molecule is CC(N)CC(C)(C)CCc1cccs1. The van der Waals surface area contributed by atoms with E-state index in [0.29, 0.717) is 11.5 Å². The molecule has 0 saturated carbocycles. The van der Waals surface area contributed by atoms with Crippen molar-refractivity contribution >= 4 is 11.3 Å². The zero-order valence-corrected chi connectivity index (χ0v) is 10.2. The summed E-state index contributed by atoms with van der Waals surface area (Å²) in [6.45, 7) is 6.71. The molecule has 1 unspecified atom stereocenters. The molecule has 1 aromatic rings. The molecule has 80 valence electrons. The molecule has 0 aliphatic rings. The number of thiophene rings is 1. The van der Waals surface area contributed by atoms with Crippen molar-refractivity contribution in [2.45, 2.75) is 46.1 Å². The van der Waals surface area contributed by atoms with Gasteiger partial charge in [-0.05, 0) is 43.0 Å². The second kappa shape index (κ2) is 4.94. The Bertz CT molecular complexity index is 249. The maximum Gasteiger partial charge on any atom is 0.00454 e. The molecule has 1 rings (SSSR count). The maximum absolute atomic E-state index is 5.83. The molecule has 1 nitrogen and oxygen atoms in total. The van der Waals surface area contributed by atoms with Gasteiger partial charge in [0.15, 0.2) is 0 Å². The summed E-state index contributed by atoms with van der Waals surface area (Å²) in [6, 6.07) is 4.65. The van der Waals surface area contributed by atoms with Gasteiger partial charge in [0, 0.05) is 10.9 Å². The van der Waals surface area contributed by atoms with E-state index in [0.717, 1.165) is 6.42 Å². The Balaban J connectivity index is 2.36. The number of aryl methyl sites for hydroxylation is 1. The first-order valence-corrected chi connectivity index (χ1v) is 6.15. The van der Waals surface area contributed by atoms with Gasteiger partial charge in [0.25, 0.3) is 0 Å². The third-order valence-corrected chi connectivity index (χ3v) is 3.44. The molecule has 0 radical (unpaired) electrons. The minimum Gasteiger partial charge on any atom is -0.328 e. The van der Waals surface area contributed by atoms with Crippen LogP contribution >= 0.6 is 11.3 Å². The van der Waals surface area contributed by atoms with Gasteiger partial charge in [-0.1, -0.05) is 19.9 Å². The van der Waals surface area contributed by atoms with E-state index in [-0.39, 0.29) is 0 Å². The van der Waals surface area contributed by atoms with Crippen molar-refractivity contribution in [3.63, 3.8) is 0 Å². The molecule has 2 N–H and O–H groups in total. The summed E-state index contributed by atoms with van der Waals surface area (Å²) in [6.07, 6.45) is 3.53. The molecule has 0 saturated heterocycles. The third-order valence-electron chi connectivity index (χ3n) is 2.50. The van der Waals surface area contributed by atoms with E-state index in [1.807, 2.05) is 11.3 Å². The second-order valence-electron chi connectivity index (χ2n) is 4.92. The number of nitrogens with two attached hydrogens (primary N) is 1. The van der Waals surface area contributed by atoms with Crippen LogP contribution in [0.2, 0.25) is 0 Å². The fourth-order valence-corrected chi connectivity index (χ4v) is 2.60. The Morgan fingerprint density at radius 2 is 2.21 bits per heavy atom. The highest BCUT2D eigenvalue weighted by Gasteiger charge is 2.19. The molecule has 0 bridgehead atoms. The standard InChI is InChI=1S/C12H21NS/c1-10(13)9-12(2,3)7-6-11-5-4-8-14-11/h4-5,8,10H,6-7,9,13H2,1-3H3. The topological polar surface area (TPSA) is 26.0 Å². The molecule has 1 atom stereocenters. The number of hydrogen-bond acceptors (Lipinski definition) is 2. The van der Waals surface area contributed by atoms with Crippen LogP contribution in [0.15, 0.2) is 17.5 Å². The first-order valence-electron chi connectivity index (χ1n) is 5.27. The highest BCUT2D eigenvalue weighted by atomic mass is 32.1. The van der Waals surface area contributed by atoms with E-state index < -0.39 is 0 Å². The summed E-state index contributed by atoms with van der Waals surface area (Å²) in [5.74, 6) is 0. The van der Waals surface area contributed by atoms with Crippen molar-refractivity contribution in [3.8, 4) is 0 Å². The second-order valence-corrected chi connectivity index (χ2v) is 5.96. The van der Waals surface area contributed by atoms with Crippen LogP contribution in [0.5, 0.6) is 0 Å².